The molecule has 2 N–H and O–H groups in total. The molecule has 0 aliphatic carbocycles. The maximum absolute atomic E-state index is 5.50. The Hall–Kier alpha value is -1.72. The third-order valence-electron chi connectivity index (χ3n) is 3.82. The van der Waals surface area contributed by atoms with E-state index in [1.54, 1.807) is 0 Å². The third-order valence-corrected chi connectivity index (χ3v) is 3.82. The molecule has 3 rings (SSSR count). The largest absolute Gasteiger partial charge is 0.338 e. The normalized spacial score (nSPS) is 19.6. The number of benzene rings is 1. The molecule has 5 nitrogen and oxygen atoms in total. The highest BCUT2D eigenvalue weighted by Crippen LogP contribution is 2.33. The van der Waals surface area contributed by atoms with Crippen molar-refractivity contribution in [2.24, 2.45) is 5.73 Å². The third kappa shape index (κ3) is 2.73. The summed E-state index contributed by atoms with van der Waals surface area (Å²) in [5.41, 5.74) is 8.18. The first-order chi connectivity index (χ1) is 9.76. The van der Waals surface area contributed by atoms with Crippen LogP contribution in [0.3, 0.4) is 0 Å². The average Bonchev–Trinajstić information content (AvgIpc) is 3.08. The van der Waals surface area contributed by atoms with Gasteiger partial charge in [0.25, 0.3) is 0 Å². The molecule has 1 aromatic heterocycles. The van der Waals surface area contributed by atoms with Crippen molar-refractivity contribution in [1.82, 2.24) is 15.0 Å². The summed E-state index contributed by atoms with van der Waals surface area (Å²) in [6.07, 6.45) is 2.39. The first kappa shape index (κ1) is 13.3. The number of aryl methyl sites for hydroxylation is 1. The van der Waals surface area contributed by atoms with Gasteiger partial charge in [0.2, 0.25) is 5.89 Å². The minimum Gasteiger partial charge on any atom is -0.338 e. The summed E-state index contributed by atoms with van der Waals surface area (Å²) in [7, 11) is 0. The van der Waals surface area contributed by atoms with Gasteiger partial charge in [0.15, 0.2) is 5.82 Å². The van der Waals surface area contributed by atoms with Gasteiger partial charge < -0.3 is 10.3 Å². The Kier molecular flexibility index (Phi) is 3.80. The topological polar surface area (TPSA) is 68.2 Å². The molecule has 1 saturated heterocycles. The number of rotatable bonds is 4. The maximum Gasteiger partial charge on any atom is 0.240 e. The lowest BCUT2D eigenvalue weighted by Crippen LogP contribution is -2.23. The maximum atomic E-state index is 5.50. The summed E-state index contributed by atoms with van der Waals surface area (Å²) in [6.45, 7) is 4.23. The van der Waals surface area contributed by atoms with E-state index in [0.29, 0.717) is 18.5 Å². The molecule has 1 aromatic carbocycles. The van der Waals surface area contributed by atoms with E-state index < -0.39 is 0 Å². The second kappa shape index (κ2) is 5.73. The first-order valence-corrected chi connectivity index (χ1v) is 7.08. The molecule has 0 amide bonds. The Morgan fingerprint density at radius 2 is 2.35 bits per heavy atom. The van der Waals surface area contributed by atoms with Crippen LogP contribution in [-0.4, -0.2) is 21.6 Å². The van der Waals surface area contributed by atoms with Crippen molar-refractivity contribution >= 4 is 0 Å². The van der Waals surface area contributed by atoms with Gasteiger partial charge in [-0.2, -0.15) is 4.98 Å². The van der Waals surface area contributed by atoms with Gasteiger partial charge in [-0.15, -0.1) is 0 Å². The minimum atomic E-state index is 0.300. The summed E-state index contributed by atoms with van der Waals surface area (Å²) in [6, 6.07) is 9.19. The predicted octanol–water partition coefficient (Wildman–Crippen LogP) is 2.17. The number of hydrogen-bond acceptors (Lipinski definition) is 5. The molecule has 5 heteroatoms. The van der Waals surface area contributed by atoms with Gasteiger partial charge in [0.05, 0.1) is 13.1 Å². The van der Waals surface area contributed by atoms with Gasteiger partial charge in [0.1, 0.15) is 0 Å². The molecular weight excluding hydrogens is 252 g/mol. The van der Waals surface area contributed by atoms with Crippen molar-refractivity contribution in [2.75, 3.05) is 6.54 Å². The van der Waals surface area contributed by atoms with Crippen molar-refractivity contribution in [3.8, 4) is 0 Å². The van der Waals surface area contributed by atoms with Crippen molar-refractivity contribution in [3.05, 3.63) is 47.1 Å². The van der Waals surface area contributed by atoms with Crippen LogP contribution in [0.4, 0.5) is 0 Å². The standard InChI is InChI=1S/C15H20N4O/c1-11-4-2-5-12(8-11)13-6-3-7-19(13)10-14-17-15(9-16)20-18-14/h2,4-5,8,13H,3,6-7,9-10,16H2,1H3. The van der Waals surface area contributed by atoms with Crippen LogP contribution in [0.15, 0.2) is 28.8 Å². The molecule has 0 bridgehead atoms. The van der Waals surface area contributed by atoms with Crippen LogP contribution in [0.1, 0.15) is 41.7 Å². The molecule has 0 spiro atoms. The molecular formula is C15H20N4O. The lowest BCUT2D eigenvalue weighted by Gasteiger charge is -2.23. The fourth-order valence-corrected chi connectivity index (χ4v) is 2.89. The van der Waals surface area contributed by atoms with E-state index in [0.717, 1.165) is 18.9 Å². The Morgan fingerprint density at radius 1 is 1.45 bits per heavy atom. The zero-order valence-corrected chi connectivity index (χ0v) is 11.7. The van der Waals surface area contributed by atoms with E-state index in [9.17, 15) is 0 Å². The van der Waals surface area contributed by atoms with Crippen LogP contribution >= 0.6 is 0 Å². The van der Waals surface area contributed by atoms with E-state index in [2.05, 4.69) is 46.2 Å². The molecule has 1 fully saturated rings. The SMILES string of the molecule is Cc1cccc(C2CCCN2Cc2noc(CN)n2)c1. The molecule has 2 heterocycles. The zero-order valence-electron chi connectivity index (χ0n) is 11.7. The Labute approximate surface area is 118 Å². The number of aromatic nitrogens is 2. The van der Waals surface area contributed by atoms with Gasteiger partial charge in [-0.1, -0.05) is 35.0 Å². The second-order valence-electron chi connectivity index (χ2n) is 5.35. The zero-order chi connectivity index (χ0) is 13.9. The van der Waals surface area contributed by atoms with E-state index in [1.165, 1.54) is 24.0 Å². The summed E-state index contributed by atoms with van der Waals surface area (Å²) in [5, 5.41) is 3.99. The van der Waals surface area contributed by atoms with Gasteiger partial charge in [0, 0.05) is 6.04 Å². The highest BCUT2D eigenvalue weighted by Gasteiger charge is 2.27. The molecule has 1 aliphatic rings. The summed E-state index contributed by atoms with van der Waals surface area (Å²) in [5.74, 6) is 1.23. The van der Waals surface area contributed by atoms with Crippen molar-refractivity contribution in [2.45, 2.75) is 38.9 Å². The number of nitrogens with zero attached hydrogens (tertiary/aromatic N) is 3. The number of nitrogens with two attached hydrogens (primary N) is 1. The van der Waals surface area contributed by atoms with Crippen LogP contribution in [0.5, 0.6) is 0 Å². The average molecular weight is 272 g/mol. The summed E-state index contributed by atoms with van der Waals surface area (Å²) in [4.78, 5) is 6.71. The van der Waals surface area contributed by atoms with Crippen LogP contribution in [-0.2, 0) is 13.1 Å². The Balaban J connectivity index is 1.75. The van der Waals surface area contributed by atoms with Crippen molar-refractivity contribution in [3.63, 3.8) is 0 Å². The minimum absolute atomic E-state index is 0.300. The van der Waals surface area contributed by atoms with Crippen molar-refractivity contribution < 1.29 is 4.52 Å². The van der Waals surface area contributed by atoms with Crippen LogP contribution in [0.25, 0.3) is 0 Å². The smallest absolute Gasteiger partial charge is 0.240 e. The highest BCUT2D eigenvalue weighted by atomic mass is 16.5. The first-order valence-electron chi connectivity index (χ1n) is 7.08. The van der Waals surface area contributed by atoms with E-state index in [4.69, 9.17) is 10.3 Å². The van der Waals surface area contributed by atoms with E-state index >= 15 is 0 Å². The fraction of sp³-hybridized carbons (Fsp3) is 0.467. The lowest BCUT2D eigenvalue weighted by atomic mass is 10.0. The lowest BCUT2D eigenvalue weighted by molar-refractivity contribution is 0.238. The molecule has 20 heavy (non-hydrogen) atoms. The van der Waals surface area contributed by atoms with Gasteiger partial charge >= 0.3 is 0 Å². The molecule has 106 valence electrons. The Bertz CT molecular complexity index is 581. The van der Waals surface area contributed by atoms with E-state index in [1.807, 2.05) is 0 Å². The molecule has 0 radical (unpaired) electrons. The number of likely N-dealkylation sites (tertiary alicyclic amines) is 1. The van der Waals surface area contributed by atoms with Gasteiger partial charge in [-0.05, 0) is 31.9 Å². The molecule has 0 saturated carbocycles. The second-order valence-corrected chi connectivity index (χ2v) is 5.35. The predicted molar refractivity (Wildman–Crippen MR) is 75.8 cm³/mol. The van der Waals surface area contributed by atoms with Crippen molar-refractivity contribution in [1.29, 1.82) is 0 Å². The van der Waals surface area contributed by atoms with Crippen LogP contribution in [0.2, 0.25) is 0 Å². The van der Waals surface area contributed by atoms with E-state index in [-0.39, 0.29) is 0 Å². The van der Waals surface area contributed by atoms with Gasteiger partial charge in [-0.25, -0.2) is 0 Å². The Morgan fingerprint density at radius 3 is 3.10 bits per heavy atom. The monoisotopic (exact) mass is 272 g/mol. The highest BCUT2D eigenvalue weighted by molar-refractivity contribution is 5.25. The summed E-state index contributed by atoms with van der Waals surface area (Å²) < 4.78 is 5.07. The quantitative estimate of drug-likeness (QED) is 0.924. The van der Waals surface area contributed by atoms with Gasteiger partial charge in [-0.3, -0.25) is 4.90 Å². The number of hydrogen-bond donors (Lipinski definition) is 1. The molecule has 1 atom stereocenters. The molecule has 1 aliphatic heterocycles. The molecule has 2 aromatic rings. The van der Waals surface area contributed by atoms with Crippen LogP contribution < -0.4 is 5.73 Å². The fourth-order valence-electron chi connectivity index (χ4n) is 2.89. The molecule has 1 unspecified atom stereocenters. The summed E-state index contributed by atoms with van der Waals surface area (Å²) >= 11 is 0. The van der Waals surface area contributed by atoms with Crippen LogP contribution in [0, 0.1) is 6.92 Å².